The number of fused-ring (bicyclic) bond motifs is 3. The molecule has 1 atom stereocenters. The van der Waals surface area contributed by atoms with Gasteiger partial charge in [0.1, 0.15) is 16.9 Å². The highest BCUT2D eigenvalue weighted by Crippen LogP contribution is 2.42. The quantitative estimate of drug-likeness (QED) is 0.706. The molecule has 0 bridgehead atoms. The second-order valence-electron chi connectivity index (χ2n) is 7.99. The molecule has 4 nitrogen and oxygen atoms in total. The van der Waals surface area contributed by atoms with E-state index >= 15 is 0 Å². The largest absolute Gasteiger partial charge is 0.508 e. The molecule has 0 spiro atoms. The van der Waals surface area contributed by atoms with Gasteiger partial charge in [0, 0.05) is 10.4 Å². The molecule has 1 amide bonds. The molecule has 0 saturated carbocycles. The monoisotopic (exact) mass is 356 g/mol. The lowest BCUT2D eigenvalue weighted by Crippen LogP contribution is -2.38. The number of rotatable bonds is 1. The zero-order chi connectivity index (χ0) is 17.8. The van der Waals surface area contributed by atoms with E-state index in [0.717, 1.165) is 41.0 Å². The maximum atomic E-state index is 12.8. The Labute approximate surface area is 152 Å². The second kappa shape index (κ2) is 5.77. The molecule has 132 valence electrons. The van der Waals surface area contributed by atoms with Crippen molar-refractivity contribution in [1.29, 1.82) is 0 Å². The minimum Gasteiger partial charge on any atom is -0.508 e. The van der Waals surface area contributed by atoms with Gasteiger partial charge in [-0.1, -0.05) is 26.8 Å². The van der Waals surface area contributed by atoms with E-state index in [2.05, 4.69) is 31.4 Å². The summed E-state index contributed by atoms with van der Waals surface area (Å²) in [6.45, 7) is 6.42. The van der Waals surface area contributed by atoms with Crippen molar-refractivity contribution in [3.63, 3.8) is 0 Å². The summed E-state index contributed by atoms with van der Waals surface area (Å²) in [7, 11) is 0. The highest BCUT2D eigenvalue weighted by molar-refractivity contribution is 7.16. The van der Waals surface area contributed by atoms with E-state index in [9.17, 15) is 9.90 Å². The van der Waals surface area contributed by atoms with Gasteiger partial charge in [-0.3, -0.25) is 4.79 Å². The van der Waals surface area contributed by atoms with Crippen LogP contribution in [-0.4, -0.2) is 11.0 Å². The van der Waals surface area contributed by atoms with Crippen molar-refractivity contribution in [1.82, 2.24) is 5.32 Å². The molecule has 1 aliphatic heterocycles. The van der Waals surface area contributed by atoms with Crippen LogP contribution in [0.3, 0.4) is 0 Å². The molecule has 0 fully saturated rings. The van der Waals surface area contributed by atoms with Gasteiger partial charge in [-0.15, -0.1) is 11.3 Å². The number of thiophene rings is 1. The topological polar surface area (TPSA) is 61.4 Å². The minimum absolute atomic E-state index is 0.0195. The molecule has 25 heavy (non-hydrogen) atoms. The van der Waals surface area contributed by atoms with E-state index in [-0.39, 0.29) is 17.1 Å². The Morgan fingerprint density at radius 1 is 1.16 bits per heavy atom. The van der Waals surface area contributed by atoms with Crippen molar-refractivity contribution in [2.75, 3.05) is 5.32 Å². The van der Waals surface area contributed by atoms with Gasteiger partial charge < -0.3 is 15.7 Å². The van der Waals surface area contributed by atoms with Gasteiger partial charge in [-0.2, -0.15) is 0 Å². The number of nitrogens with one attached hydrogen (secondary N) is 2. The number of benzene rings is 1. The van der Waals surface area contributed by atoms with E-state index in [1.54, 1.807) is 17.4 Å². The van der Waals surface area contributed by atoms with E-state index in [0.29, 0.717) is 0 Å². The summed E-state index contributed by atoms with van der Waals surface area (Å²) in [5.41, 5.74) is 3.88. The first-order chi connectivity index (χ1) is 11.8. The standard InChI is InChI=1S/C20H24N2O2S/c1-20(2,3)11-8-9-14(23)13(10-11)17-21-18(24)16-12-6-4-5-7-15(12)25-19(16)22-17/h8-10,17,22-23H,4-7H2,1-3H3,(H,21,24)/t17-/m1/s1. The first-order valence-corrected chi connectivity index (χ1v) is 9.71. The molecule has 1 aromatic carbocycles. The summed E-state index contributed by atoms with van der Waals surface area (Å²) in [6.07, 6.45) is 4.01. The van der Waals surface area contributed by atoms with Crippen LogP contribution in [0.25, 0.3) is 0 Å². The summed E-state index contributed by atoms with van der Waals surface area (Å²) < 4.78 is 0. The fourth-order valence-corrected chi connectivity index (χ4v) is 5.00. The fourth-order valence-electron chi connectivity index (χ4n) is 3.69. The second-order valence-corrected chi connectivity index (χ2v) is 9.09. The highest BCUT2D eigenvalue weighted by atomic mass is 32.1. The molecular formula is C20H24N2O2S. The third-order valence-electron chi connectivity index (χ3n) is 5.15. The molecule has 4 rings (SSSR count). The molecule has 3 N–H and O–H groups in total. The Kier molecular flexibility index (Phi) is 3.80. The Morgan fingerprint density at radius 2 is 1.92 bits per heavy atom. The maximum absolute atomic E-state index is 12.8. The number of carbonyl (C=O) groups is 1. The van der Waals surface area contributed by atoms with Crippen LogP contribution in [0.15, 0.2) is 18.2 Å². The number of phenols is 1. The first kappa shape index (κ1) is 16.5. The number of aryl methyl sites for hydroxylation is 1. The van der Waals surface area contributed by atoms with Gasteiger partial charge in [0.15, 0.2) is 0 Å². The van der Waals surface area contributed by atoms with Crippen LogP contribution in [0.1, 0.15) is 71.7 Å². The van der Waals surface area contributed by atoms with Crippen molar-refractivity contribution in [3.05, 3.63) is 45.3 Å². The van der Waals surface area contributed by atoms with Crippen LogP contribution < -0.4 is 10.6 Å². The predicted molar refractivity (Wildman–Crippen MR) is 102 cm³/mol. The summed E-state index contributed by atoms with van der Waals surface area (Å²) in [6, 6.07) is 5.66. The number of amides is 1. The van der Waals surface area contributed by atoms with Gasteiger partial charge in [0.2, 0.25) is 0 Å². The minimum atomic E-state index is -0.401. The smallest absolute Gasteiger partial charge is 0.256 e. The molecule has 1 aromatic heterocycles. The molecule has 2 aromatic rings. The Bertz CT molecular complexity index is 848. The van der Waals surface area contributed by atoms with Crippen molar-refractivity contribution in [2.45, 2.75) is 58.0 Å². The predicted octanol–water partition coefficient (Wildman–Crippen LogP) is 4.48. The van der Waals surface area contributed by atoms with Crippen LogP contribution >= 0.6 is 11.3 Å². The third kappa shape index (κ3) is 2.80. The zero-order valence-corrected chi connectivity index (χ0v) is 15.7. The molecule has 0 unspecified atom stereocenters. The lowest BCUT2D eigenvalue weighted by molar-refractivity contribution is 0.0935. The fraction of sp³-hybridized carbons (Fsp3) is 0.450. The zero-order valence-electron chi connectivity index (χ0n) is 14.9. The van der Waals surface area contributed by atoms with Crippen LogP contribution in [0.4, 0.5) is 5.00 Å². The number of aromatic hydroxyl groups is 1. The summed E-state index contributed by atoms with van der Waals surface area (Å²) in [5, 5.41) is 17.8. The third-order valence-corrected chi connectivity index (χ3v) is 6.38. The Morgan fingerprint density at radius 3 is 2.68 bits per heavy atom. The van der Waals surface area contributed by atoms with Crippen LogP contribution in [0, 0.1) is 0 Å². The van der Waals surface area contributed by atoms with Gasteiger partial charge in [-0.05, 0) is 54.4 Å². The summed E-state index contributed by atoms with van der Waals surface area (Å²) in [5.74, 6) is 0.175. The molecular weight excluding hydrogens is 332 g/mol. The summed E-state index contributed by atoms with van der Waals surface area (Å²) in [4.78, 5) is 14.1. The molecule has 5 heteroatoms. The van der Waals surface area contributed by atoms with Crippen molar-refractivity contribution < 1.29 is 9.90 Å². The van der Waals surface area contributed by atoms with Gasteiger partial charge in [0.05, 0.1) is 5.56 Å². The average molecular weight is 356 g/mol. The van der Waals surface area contributed by atoms with E-state index < -0.39 is 6.17 Å². The first-order valence-electron chi connectivity index (χ1n) is 8.90. The summed E-state index contributed by atoms with van der Waals surface area (Å²) >= 11 is 1.70. The number of hydrogen-bond acceptors (Lipinski definition) is 4. The molecule has 2 heterocycles. The van der Waals surface area contributed by atoms with Crippen molar-refractivity contribution in [2.24, 2.45) is 0 Å². The van der Waals surface area contributed by atoms with Crippen LogP contribution in [0.2, 0.25) is 0 Å². The van der Waals surface area contributed by atoms with Gasteiger partial charge >= 0.3 is 0 Å². The van der Waals surface area contributed by atoms with E-state index in [1.165, 1.54) is 16.9 Å². The molecule has 0 radical (unpaired) electrons. The normalized spacial score (nSPS) is 19.6. The van der Waals surface area contributed by atoms with Crippen LogP contribution in [0.5, 0.6) is 5.75 Å². The van der Waals surface area contributed by atoms with Crippen molar-refractivity contribution >= 4 is 22.2 Å². The Hall–Kier alpha value is -2.01. The SMILES string of the molecule is CC(C)(C)c1ccc(O)c([C@@H]2NC(=O)c3c(sc4c3CCCC4)N2)c1. The van der Waals surface area contributed by atoms with Crippen molar-refractivity contribution in [3.8, 4) is 5.75 Å². The van der Waals surface area contributed by atoms with E-state index in [1.807, 2.05) is 12.1 Å². The lowest BCUT2D eigenvalue weighted by atomic mass is 9.85. The van der Waals surface area contributed by atoms with Gasteiger partial charge in [0.25, 0.3) is 5.91 Å². The molecule has 1 aliphatic carbocycles. The molecule has 2 aliphatic rings. The Balaban J connectivity index is 1.72. The number of anilines is 1. The maximum Gasteiger partial charge on any atom is 0.256 e. The van der Waals surface area contributed by atoms with E-state index in [4.69, 9.17) is 0 Å². The number of hydrogen-bond donors (Lipinski definition) is 3. The average Bonchev–Trinajstić information content (AvgIpc) is 2.92. The number of phenolic OH excluding ortho intramolecular Hbond substituents is 1. The molecule has 0 saturated heterocycles. The highest BCUT2D eigenvalue weighted by Gasteiger charge is 2.33. The lowest BCUT2D eigenvalue weighted by Gasteiger charge is -2.29. The number of carbonyl (C=O) groups excluding carboxylic acids is 1. The van der Waals surface area contributed by atoms with Gasteiger partial charge in [-0.25, -0.2) is 0 Å². The van der Waals surface area contributed by atoms with Crippen LogP contribution in [-0.2, 0) is 18.3 Å².